The molecule has 2 aromatic rings. The molecule has 0 radical (unpaired) electrons. The zero-order valence-corrected chi connectivity index (χ0v) is 22.4. The minimum Gasteiger partial charge on any atom is -0.496 e. The van der Waals surface area contributed by atoms with Crippen LogP contribution in [0.2, 0.25) is 0 Å². The fourth-order valence-corrected chi connectivity index (χ4v) is 4.36. The largest absolute Gasteiger partial charge is 0.496 e. The summed E-state index contributed by atoms with van der Waals surface area (Å²) in [6.45, 7) is 3.76. The molecular formula is C26H34ClN3O5S. The minimum absolute atomic E-state index is 0. The standard InChI is InChI=1S/C26H33N3O5S.ClH/c1-16(2)22(35)23(30)29-26(12-6-7-13-26)25(33)28-20(24(31)32)14-17-10-11-19(27-15-17)18-8-4-5-9-21(18)34-3;/h4-5,8-11,15-16,20,22,35H,6-7,12-14H2,1-3H3,(H,28,33)(H,29,30)(H,31,32);1H. The van der Waals surface area contributed by atoms with E-state index in [9.17, 15) is 19.5 Å². The second kappa shape index (κ2) is 13.0. The van der Waals surface area contributed by atoms with Gasteiger partial charge < -0.3 is 20.5 Å². The highest BCUT2D eigenvalue weighted by Crippen LogP contribution is 2.31. The van der Waals surface area contributed by atoms with Crippen LogP contribution in [0.1, 0.15) is 45.1 Å². The first kappa shape index (κ1) is 29.5. The van der Waals surface area contributed by atoms with Crippen molar-refractivity contribution in [1.29, 1.82) is 0 Å². The smallest absolute Gasteiger partial charge is 0.326 e. The normalized spacial score (nSPS) is 15.9. The van der Waals surface area contributed by atoms with Gasteiger partial charge in [0.25, 0.3) is 0 Å². The maximum atomic E-state index is 13.3. The van der Waals surface area contributed by atoms with Crippen LogP contribution in [-0.4, -0.2) is 51.8 Å². The van der Waals surface area contributed by atoms with Crippen molar-refractivity contribution in [2.45, 2.75) is 62.8 Å². The van der Waals surface area contributed by atoms with E-state index in [2.05, 4.69) is 28.2 Å². The molecule has 0 bridgehead atoms. The molecule has 2 unspecified atom stereocenters. The zero-order chi connectivity index (χ0) is 25.6. The number of nitrogens with zero attached hydrogens (tertiary/aromatic N) is 1. The number of halogens is 1. The van der Waals surface area contributed by atoms with Gasteiger partial charge in [-0.05, 0) is 42.5 Å². The number of aliphatic carboxylic acids is 1. The average molecular weight is 536 g/mol. The molecule has 10 heteroatoms. The molecule has 1 heterocycles. The van der Waals surface area contributed by atoms with Crippen LogP contribution in [0.25, 0.3) is 11.3 Å². The van der Waals surface area contributed by atoms with E-state index >= 15 is 0 Å². The Balaban J connectivity index is 0.00000456. The molecule has 1 saturated carbocycles. The second-order valence-electron chi connectivity index (χ2n) is 9.29. The number of rotatable bonds is 10. The maximum Gasteiger partial charge on any atom is 0.326 e. The van der Waals surface area contributed by atoms with E-state index in [1.807, 2.05) is 38.1 Å². The van der Waals surface area contributed by atoms with Crippen molar-refractivity contribution in [2.24, 2.45) is 5.92 Å². The zero-order valence-electron chi connectivity index (χ0n) is 20.7. The van der Waals surface area contributed by atoms with Gasteiger partial charge in [-0.3, -0.25) is 14.6 Å². The van der Waals surface area contributed by atoms with Crippen LogP contribution in [0.4, 0.5) is 0 Å². The molecule has 3 rings (SSSR count). The Morgan fingerprint density at radius 3 is 2.36 bits per heavy atom. The number of pyridine rings is 1. The molecular weight excluding hydrogens is 502 g/mol. The topological polar surface area (TPSA) is 118 Å². The first-order valence-corrected chi connectivity index (χ1v) is 12.3. The Morgan fingerprint density at radius 1 is 1.14 bits per heavy atom. The van der Waals surface area contributed by atoms with Gasteiger partial charge in [0.1, 0.15) is 17.3 Å². The molecule has 1 aliphatic carbocycles. The third kappa shape index (κ3) is 6.91. The van der Waals surface area contributed by atoms with Crippen molar-refractivity contribution in [2.75, 3.05) is 7.11 Å². The van der Waals surface area contributed by atoms with Crippen molar-refractivity contribution in [3.63, 3.8) is 0 Å². The highest BCUT2D eigenvalue weighted by Gasteiger charge is 2.44. The van der Waals surface area contributed by atoms with Crippen molar-refractivity contribution in [1.82, 2.24) is 15.6 Å². The van der Waals surface area contributed by atoms with Crippen LogP contribution in [0.5, 0.6) is 5.75 Å². The summed E-state index contributed by atoms with van der Waals surface area (Å²) in [5, 5.41) is 14.8. The summed E-state index contributed by atoms with van der Waals surface area (Å²) in [6, 6.07) is 9.92. The Kier molecular flexibility index (Phi) is 10.6. The van der Waals surface area contributed by atoms with Crippen LogP contribution in [0, 0.1) is 5.92 Å². The summed E-state index contributed by atoms with van der Waals surface area (Å²) in [7, 11) is 1.59. The van der Waals surface area contributed by atoms with Crippen LogP contribution in [-0.2, 0) is 20.8 Å². The molecule has 1 aliphatic rings. The Bertz CT molecular complexity index is 1060. The van der Waals surface area contributed by atoms with Crippen molar-refractivity contribution in [3.8, 4) is 17.0 Å². The lowest BCUT2D eigenvalue weighted by Gasteiger charge is -2.32. The predicted molar refractivity (Wildman–Crippen MR) is 144 cm³/mol. The van der Waals surface area contributed by atoms with E-state index in [4.69, 9.17) is 4.74 Å². The lowest BCUT2D eigenvalue weighted by atomic mass is 9.94. The summed E-state index contributed by atoms with van der Waals surface area (Å²) < 4.78 is 5.38. The summed E-state index contributed by atoms with van der Waals surface area (Å²) in [6.07, 6.45) is 4.14. The number of hydrogen-bond acceptors (Lipinski definition) is 6. The Labute approximate surface area is 223 Å². The number of nitrogens with one attached hydrogen (secondary N) is 2. The number of methoxy groups -OCH3 is 1. The minimum atomic E-state index is -1.16. The molecule has 36 heavy (non-hydrogen) atoms. The molecule has 0 aliphatic heterocycles. The summed E-state index contributed by atoms with van der Waals surface area (Å²) >= 11 is 4.36. The van der Waals surface area contributed by atoms with Crippen LogP contribution >= 0.6 is 25.0 Å². The number of hydrogen-bond donors (Lipinski definition) is 4. The van der Waals surface area contributed by atoms with E-state index in [0.29, 0.717) is 29.8 Å². The summed E-state index contributed by atoms with van der Waals surface area (Å²) in [5.41, 5.74) is 1.07. The number of thiol groups is 1. The molecule has 1 fully saturated rings. The number of carbonyl (C=O) groups excluding carboxylic acids is 2. The van der Waals surface area contributed by atoms with Crippen LogP contribution in [0.15, 0.2) is 42.6 Å². The summed E-state index contributed by atoms with van der Waals surface area (Å²) in [4.78, 5) is 42.4. The third-order valence-electron chi connectivity index (χ3n) is 6.41. The van der Waals surface area contributed by atoms with E-state index < -0.39 is 28.7 Å². The number of carboxylic acids is 1. The molecule has 196 valence electrons. The van der Waals surface area contributed by atoms with Gasteiger partial charge in [0.2, 0.25) is 11.8 Å². The average Bonchev–Trinajstić information content (AvgIpc) is 3.33. The van der Waals surface area contributed by atoms with Gasteiger partial charge in [-0.25, -0.2) is 4.79 Å². The number of para-hydroxylation sites is 1. The lowest BCUT2D eigenvalue weighted by Crippen LogP contribution is -2.61. The van der Waals surface area contributed by atoms with Crippen LogP contribution in [0.3, 0.4) is 0 Å². The van der Waals surface area contributed by atoms with Gasteiger partial charge in [-0.15, -0.1) is 12.4 Å². The highest BCUT2D eigenvalue weighted by atomic mass is 35.5. The molecule has 8 nitrogen and oxygen atoms in total. The Morgan fingerprint density at radius 2 is 1.81 bits per heavy atom. The highest BCUT2D eigenvalue weighted by molar-refractivity contribution is 7.81. The van der Waals surface area contributed by atoms with E-state index in [1.54, 1.807) is 25.4 Å². The van der Waals surface area contributed by atoms with Gasteiger partial charge in [0.15, 0.2) is 0 Å². The van der Waals surface area contributed by atoms with Gasteiger partial charge >= 0.3 is 5.97 Å². The van der Waals surface area contributed by atoms with Crippen molar-refractivity contribution >= 4 is 42.8 Å². The molecule has 2 atom stereocenters. The fraction of sp³-hybridized carbons (Fsp3) is 0.462. The van der Waals surface area contributed by atoms with E-state index in [1.165, 1.54) is 0 Å². The van der Waals surface area contributed by atoms with Gasteiger partial charge in [0, 0.05) is 18.2 Å². The summed E-state index contributed by atoms with van der Waals surface area (Å²) in [5.74, 6) is -1.26. The first-order chi connectivity index (χ1) is 16.7. The van der Waals surface area contributed by atoms with Crippen LogP contribution < -0.4 is 15.4 Å². The molecule has 0 spiro atoms. The van der Waals surface area contributed by atoms with Gasteiger partial charge in [-0.2, -0.15) is 12.6 Å². The SMILES string of the molecule is COc1ccccc1-c1ccc(CC(NC(=O)C2(NC(=O)C(S)C(C)C)CCCC2)C(=O)O)cn1.Cl. The fourth-order valence-electron chi connectivity index (χ4n) is 4.29. The van der Waals surface area contributed by atoms with Crippen molar-refractivity contribution in [3.05, 3.63) is 48.2 Å². The molecule has 1 aromatic carbocycles. The van der Waals surface area contributed by atoms with E-state index in [-0.39, 0.29) is 30.7 Å². The predicted octanol–water partition coefficient (Wildman–Crippen LogP) is 3.67. The number of amides is 2. The number of aromatic nitrogens is 1. The second-order valence-corrected chi connectivity index (χ2v) is 9.84. The van der Waals surface area contributed by atoms with Crippen molar-refractivity contribution < 1.29 is 24.2 Å². The number of carbonyl (C=O) groups is 3. The quantitative estimate of drug-likeness (QED) is 0.345. The monoisotopic (exact) mass is 535 g/mol. The molecule has 2 amide bonds. The Hall–Kier alpha value is -2.78. The number of benzene rings is 1. The number of carboxylic acid groups (broad SMARTS) is 1. The molecule has 3 N–H and O–H groups in total. The maximum absolute atomic E-state index is 13.3. The van der Waals surface area contributed by atoms with Gasteiger partial charge in [-0.1, -0.05) is 44.9 Å². The molecule has 1 aromatic heterocycles. The lowest BCUT2D eigenvalue weighted by molar-refractivity contribution is -0.143. The first-order valence-electron chi connectivity index (χ1n) is 11.8. The van der Waals surface area contributed by atoms with Gasteiger partial charge in [0.05, 0.1) is 18.1 Å². The third-order valence-corrected chi connectivity index (χ3v) is 7.24. The number of ether oxygens (including phenoxy) is 1. The molecule has 0 saturated heterocycles. The van der Waals surface area contributed by atoms with E-state index in [0.717, 1.165) is 18.4 Å².